The van der Waals surface area contributed by atoms with Crippen LogP contribution in [0.15, 0.2) is 42.5 Å². The Morgan fingerprint density at radius 2 is 1.70 bits per heavy atom. The maximum atomic E-state index is 6.10. The average Bonchev–Trinajstić information content (AvgIpc) is 2.49. The number of ether oxygens (including phenoxy) is 1. The molecule has 2 aromatic carbocycles. The molecule has 0 spiro atoms. The lowest BCUT2D eigenvalue weighted by Gasteiger charge is -2.20. The van der Waals surface area contributed by atoms with Gasteiger partial charge in [-0.05, 0) is 31.2 Å². The van der Waals surface area contributed by atoms with E-state index in [2.05, 4.69) is 68.6 Å². The SMILES string of the molecule is CCC(CC)NCC(C)Oc1cccc2ccccc12. The molecule has 2 aromatic rings. The Bertz CT molecular complexity index is 528. The molecule has 0 aromatic heterocycles. The Kier molecular flexibility index (Phi) is 5.42. The van der Waals surface area contributed by atoms with E-state index >= 15 is 0 Å². The Hall–Kier alpha value is -1.54. The minimum absolute atomic E-state index is 0.168. The third-order valence-corrected chi connectivity index (χ3v) is 3.76. The van der Waals surface area contributed by atoms with Crippen molar-refractivity contribution in [2.24, 2.45) is 0 Å². The number of hydrogen-bond donors (Lipinski definition) is 1. The molecule has 0 aliphatic carbocycles. The smallest absolute Gasteiger partial charge is 0.127 e. The van der Waals surface area contributed by atoms with E-state index in [4.69, 9.17) is 4.74 Å². The van der Waals surface area contributed by atoms with Crippen molar-refractivity contribution < 1.29 is 4.74 Å². The molecule has 20 heavy (non-hydrogen) atoms. The molecule has 0 saturated heterocycles. The molecule has 2 heteroatoms. The second-order valence-corrected chi connectivity index (χ2v) is 5.33. The summed E-state index contributed by atoms with van der Waals surface area (Å²) in [7, 11) is 0. The summed E-state index contributed by atoms with van der Waals surface area (Å²) >= 11 is 0. The van der Waals surface area contributed by atoms with Gasteiger partial charge in [0.25, 0.3) is 0 Å². The molecule has 108 valence electrons. The quantitative estimate of drug-likeness (QED) is 0.806. The number of hydrogen-bond acceptors (Lipinski definition) is 2. The highest BCUT2D eigenvalue weighted by Gasteiger charge is 2.09. The molecule has 0 radical (unpaired) electrons. The average molecular weight is 271 g/mol. The highest BCUT2D eigenvalue weighted by molar-refractivity contribution is 5.88. The van der Waals surface area contributed by atoms with Crippen molar-refractivity contribution >= 4 is 10.8 Å². The molecular formula is C18H25NO. The van der Waals surface area contributed by atoms with Crippen LogP contribution in [0.2, 0.25) is 0 Å². The topological polar surface area (TPSA) is 21.3 Å². The van der Waals surface area contributed by atoms with Gasteiger partial charge in [-0.1, -0.05) is 50.2 Å². The first-order valence-corrected chi connectivity index (χ1v) is 7.62. The predicted octanol–water partition coefficient (Wildman–Crippen LogP) is 4.39. The summed E-state index contributed by atoms with van der Waals surface area (Å²) in [5, 5.41) is 5.97. The van der Waals surface area contributed by atoms with Crippen molar-refractivity contribution in [2.75, 3.05) is 6.54 Å². The van der Waals surface area contributed by atoms with Crippen LogP contribution < -0.4 is 10.1 Å². The van der Waals surface area contributed by atoms with E-state index in [1.165, 1.54) is 10.8 Å². The van der Waals surface area contributed by atoms with Crippen molar-refractivity contribution in [3.8, 4) is 5.75 Å². The summed E-state index contributed by atoms with van der Waals surface area (Å²) in [6.07, 6.45) is 2.50. The monoisotopic (exact) mass is 271 g/mol. The third-order valence-electron chi connectivity index (χ3n) is 3.76. The summed E-state index contributed by atoms with van der Waals surface area (Å²) in [6.45, 7) is 7.45. The van der Waals surface area contributed by atoms with Gasteiger partial charge in [-0.3, -0.25) is 0 Å². The fourth-order valence-corrected chi connectivity index (χ4v) is 2.47. The van der Waals surface area contributed by atoms with Crippen LogP contribution in [0.1, 0.15) is 33.6 Å². The largest absolute Gasteiger partial charge is 0.489 e. The highest BCUT2D eigenvalue weighted by atomic mass is 16.5. The number of nitrogens with one attached hydrogen (secondary N) is 1. The van der Waals surface area contributed by atoms with Gasteiger partial charge in [0.05, 0.1) is 0 Å². The number of rotatable bonds is 7. The van der Waals surface area contributed by atoms with Crippen LogP contribution in [-0.4, -0.2) is 18.7 Å². The van der Waals surface area contributed by atoms with Crippen molar-refractivity contribution in [3.63, 3.8) is 0 Å². The van der Waals surface area contributed by atoms with E-state index in [-0.39, 0.29) is 6.10 Å². The first-order chi connectivity index (χ1) is 9.74. The lowest BCUT2D eigenvalue weighted by molar-refractivity contribution is 0.212. The maximum Gasteiger partial charge on any atom is 0.127 e. The van der Waals surface area contributed by atoms with Gasteiger partial charge in [0.2, 0.25) is 0 Å². The standard InChI is InChI=1S/C18H25NO/c1-4-16(5-2)19-13-14(3)20-18-12-8-10-15-9-6-7-11-17(15)18/h6-12,14,16,19H,4-5,13H2,1-3H3. The summed E-state index contributed by atoms with van der Waals surface area (Å²) < 4.78 is 6.10. The molecule has 1 atom stereocenters. The summed E-state index contributed by atoms with van der Waals surface area (Å²) in [5.74, 6) is 0.974. The lowest BCUT2D eigenvalue weighted by Crippen LogP contribution is -2.36. The van der Waals surface area contributed by atoms with Gasteiger partial charge in [-0.15, -0.1) is 0 Å². The fraction of sp³-hybridized carbons (Fsp3) is 0.444. The van der Waals surface area contributed by atoms with E-state index in [0.717, 1.165) is 25.1 Å². The van der Waals surface area contributed by atoms with Crippen LogP contribution in [0.4, 0.5) is 0 Å². The lowest BCUT2D eigenvalue weighted by atomic mass is 10.1. The van der Waals surface area contributed by atoms with E-state index in [0.29, 0.717) is 6.04 Å². The van der Waals surface area contributed by atoms with Gasteiger partial charge in [-0.2, -0.15) is 0 Å². The molecule has 0 amide bonds. The van der Waals surface area contributed by atoms with Crippen LogP contribution in [0.25, 0.3) is 10.8 Å². The molecule has 2 nitrogen and oxygen atoms in total. The first kappa shape index (κ1) is 14.9. The molecule has 1 N–H and O–H groups in total. The van der Waals surface area contributed by atoms with Crippen LogP contribution >= 0.6 is 0 Å². The van der Waals surface area contributed by atoms with Gasteiger partial charge < -0.3 is 10.1 Å². The molecule has 0 fully saturated rings. The molecule has 0 aliphatic rings. The van der Waals surface area contributed by atoms with Crippen LogP contribution in [0.5, 0.6) is 5.75 Å². The molecular weight excluding hydrogens is 246 g/mol. The number of fused-ring (bicyclic) bond motifs is 1. The zero-order valence-electron chi connectivity index (χ0n) is 12.7. The predicted molar refractivity (Wildman–Crippen MR) is 86.4 cm³/mol. The third kappa shape index (κ3) is 3.73. The van der Waals surface area contributed by atoms with Gasteiger partial charge >= 0.3 is 0 Å². The van der Waals surface area contributed by atoms with Crippen LogP contribution in [-0.2, 0) is 0 Å². The highest BCUT2D eigenvalue weighted by Crippen LogP contribution is 2.25. The second-order valence-electron chi connectivity index (χ2n) is 5.33. The van der Waals surface area contributed by atoms with E-state index < -0.39 is 0 Å². The van der Waals surface area contributed by atoms with Crippen LogP contribution in [0.3, 0.4) is 0 Å². The normalized spacial score (nSPS) is 12.8. The molecule has 2 rings (SSSR count). The maximum absolute atomic E-state index is 6.10. The van der Waals surface area contributed by atoms with E-state index in [1.807, 2.05) is 0 Å². The summed E-state index contributed by atoms with van der Waals surface area (Å²) in [5.41, 5.74) is 0. The van der Waals surface area contributed by atoms with E-state index in [9.17, 15) is 0 Å². The Morgan fingerprint density at radius 1 is 1.00 bits per heavy atom. The van der Waals surface area contributed by atoms with Crippen LogP contribution in [0, 0.1) is 0 Å². The Labute approximate surface area is 122 Å². The molecule has 0 aliphatic heterocycles. The van der Waals surface area contributed by atoms with Crippen molar-refractivity contribution in [3.05, 3.63) is 42.5 Å². The molecule has 0 bridgehead atoms. The van der Waals surface area contributed by atoms with Gasteiger partial charge in [0.15, 0.2) is 0 Å². The molecule has 0 heterocycles. The zero-order valence-corrected chi connectivity index (χ0v) is 12.7. The Balaban J connectivity index is 2.01. The summed E-state index contributed by atoms with van der Waals surface area (Å²) in [6, 6.07) is 15.2. The number of benzene rings is 2. The first-order valence-electron chi connectivity index (χ1n) is 7.62. The molecule has 0 saturated carbocycles. The Morgan fingerprint density at radius 3 is 2.45 bits per heavy atom. The minimum atomic E-state index is 0.168. The molecule has 1 unspecified atom stereocenters. The van der Waals surface area contributed by atoms with Crippen molar-refractivity contribution in [2.45, 2.75) is 45.8 Å². The van der Waals surface area contributed by atoms with Gasteiger partial charge in [0.1, 0.15) is 11.9 Å². The van der Waals surface area contributed by atoms with Crippen molar-refractivity contribution in [1.82, 2.24) is 5.32 Å². The van der Waals surface area contributed by atoms with Gasteiger partial charge in [-0.25, -0.2) is 0 Å². The van der Waals surface area contributed by atoms with E-state index in [1.54, 1.807) is 0 Å². The van der Waals surface area contributed by atoms with Gasteiger partial charge in [0, 0.05) is 18.0 Å². The minimum Gasteiger partial charge on any atom is -0.489 e. The fourth-order valence-electron chi connectivity index (χ4n) is 2.47. The second kappa shape index (κ2) is 7.30. The zero-order chi connectivity index (χ0) is 14.4. The van der Waals surface area contributed by atoms with Crippen molar-refractivity contribution in [1.29, 1.82) is 0 Å². The summed E-state index contributed by atoms with van der Waals surface area (Å²) in [4.78, 5) is 0.